The van der Waals surface area contributed by atoms with Crippen LogP contribution >= 0.6 is 0 Å². The minimum absolute atomic E-state index is 0.0232. The molecule has 39 heavy (non-hydrogen) atoms. The number of piperidine rings is 2. The summed E-state index contributed by atoms with van der Waals surface area (Å²) in [6, 6.07) is 15.5. The molecule has 2 aromatic rings. The van der Waals surface area contributed by atoms with Crippen molar-refractivity contribution in [3.8, 4) is 17.2 Å². The molecule has 3 aliphatic rings. The van der Waals surface area contributed by atoms with Gasteiger partial charge in [0, 0.05) is 18.2 Å². The Morgan fingerprint density at radius 3 is 2.10 bits per heavy atom. The highest BCUT2D eigenvalue weighted by molar-refractivity contribution is 7.92. The summed E-state index contributed by atoms with van der Waals surface area (Å²) in [7, 11) is -3.34. The van der Waals surface area contributed by atoms with Crippen molar-refractivity contribution in [2.24, 2.45) is 5.92 Å². The third kappa shape index (κ3) is 7.30. The van der Waals surface area contributed by atoms with E-state index in [0.717, 1.165) is 48.6 Å². The molecule has 2 aromatic carbocycles. The number of hydrogen-bond acceptors (Lipinski definition) is 6. The maximum absolute atomic E-state index is 13.4. The summed E-state index contributed by atoms with van der Waals surface area (Å²) in [4.78, 5) is 28.1. The van der Waals surface area contributed by atoms with E-state index >= 15 is 0 Å². The molecule has 1 aliphatic carbocycles. The average Bonchev–Trinajstić information content (AvgIpc) is 2.87. The second-order valence-corrected chi connectivity index (χ2v) is 13.2. The van der Waals surface area contributed by atoms with Gasteiger partial charge in [-0.15, -0.1) is 0 Å². The average molecular weight is 553 g/mol. The number of hydrogen-bond donors (Lipinski definition) is 2. The van der Waals surface area contributed by atoms with Crippen LogP contribution in [0.15, 0.2) is 48.5 Å². The van der Waals surface area contributed by atoms with E-state index in [1.54, 1.807) is 17.0 Å². The number of nitrogens with one attached hydrogen (secondary N) is 2. The van der Waals surface area contributed by atoms with Crippen LogP contribution in [0, 0.1) is 17.2 Å². The van der Waals surface area contributed by atoms with Crippen molar-refractivity contribution in [2.75, 3.05) is 11.0 Å². The fourth-order valence-electron chi connectivity index (χ4n) is 5.47. The molecule has 2 aliphatic heterocycles. The van der Waals surface area contributed by atoms with Crippen molar-refractivity contribution >= 4 is 27.7 Å². The predicted octanol–water partition coefficient (Wildman–Crippen LogP) is 4.45. The Bertz CT molecular complexity index is 1340. The lowest BCUT2D eigenvalue weighted by Crippen LogP contribution is -2.64. The van der Waals surface area contributed by atoms with E-state index in [9.17, 15) is 23.3 Å². The third-order valence-electron chi connectivity index (χ3n) is 7.14. The van der Waals surface area contributed by atoms with E-state index in [-0.39, 0.29) is 17.9 Å². The fourth-order valence-corrected chi connectivity index (χ4v) is 6.03. The zero-order valence-corrected chi connectivity index (χ0v) is 23.6. The molecule has 2 atom stereocenters. The van der Waals surface area contributed by atoms with Gasteiger partial charge in [0.2, 0.25) is 15.9 Å². The number of nitriles is 1. The van der Waals surface area contributed by atoms with Gasteiger partial charge in [-0.05, 0) is 81.2 Å². The minimum Gasteiger partial charge on any atom is -0.444 e. The topological polar surface area (TPSA) is 129 Å². The van der Waals surface area contributed by atoms with Gasteiger partial charge in [-0.2, -0.15) is 5.26 Å². The predicted molar refractivity (Wildman–Crippen MR) is 149 cm³/mol. The van der Waals surface area contributed by atoms with Gasteiger partial charge in [0.05, 0.1) is 12.3 Å². The molecule has 2 saturated heterocycles. The second kappa shape index (κ2) is 11.3. The monoisotopic (exact) mass is 552 g/mol. The number of nitrogens with zero attached hydrogens (tertiary/aromatic N) is 2. The summed E-state index contributed by atoms with van der Waals surface area (Å²) >= 11 is 0. The molecule has 5 rings (SSSR count). The Morgan fingerprint density at radius 1 is 1.03 bits per heavy atom. The smallest absolute Gasteiger partial charge is 0.411 e. The molecule has 0 radical (unpaired) electrons. The first kappa shape index (κ1) is 28.4. The molecule has 2 unspecified atom stereocenters. The first-order valence-corrected chi connectivity index (χ1v) is 15.1. The lowest BCUT2D eigenvalue weighted by atomic mass is 9.74. The Kier molecular flexibility index (Phi) is 8.21. The molecule has 2 N–H and O–H groups in total. The van der Waals surface area contributed by atoms with Crippen molar-refractivity contribution in [1.29, 1.82) is 5.26 Å². The summed E-state index contributed by atoms with van der Waals surface area (Å²) in [5.41, 5.74) is 2.57. The molecule has 0 aromatic heterocycles. The van der Waals surface area contributed by atoms with Gasteiger partial charge >= 0.3 is 6.09 Å². The van der Waals surface area contributed by atoms with E-state index < -0.39 is 33.8 Å². The van der Waals surface area contributed by atoms with Gasteiger partial charge in [-0.25, -0.2) is 13.2 Å². The Morgan fingerprint density at radius 2 is 1.59 bits per heavy atom. The number of rotatable bonds is 7. The first-order chi connectivity index (χ1) is 18.3. The highest BCUT2D eigenvalue weighted by atomic mass is 32.2. The first-order valence-electron chi connectivity index (χ1n) is 13.2. The van der Waals surface area contributed by atoms with Gasteiger partial charge in [-0.1, -0.05) is 36.4 Å². The number of carbonyl (C=O) groups is 2. The van der Waals surface area contributed by atoms with Crippen LogP contribution in [0.3, 0.4) is 0 Å². The minimum atomic E-state index is -3.34. The molecular formula is C29H36N4O5S. The lowest BCUT2D eigenvalue weighted by molar-refractivity contribution is -0.135. The van der Waals surface area contributed by atoms with Crippen LogP contribution in [0.1, 0.15) is 52.0 Å². The van der Waals surface area contributed by atoms with Gasteiger partial charge < -0.3 is 10.1 Å². The van der Waals surface area contributed by atoms with E-state index in [1.807, 2.05) is 57.2 Å². The maximum Gasteiger partial charge on any atom is 0.411 e. The number of anilines is 1. The molecule has 0 spiro atoms. The Labute approximate surface area is 230 Å². The van der Waals surface area contributed by atoms with Crippen LogP contribution in [0.25, 0.3) is 11.1 Å². The summed E-state index contributed by atoms with van der Waals surface area (Å²) < 4.78 is 30.9. The standard InChI is InChI=1S/C29H36N4O5S/c1-29(2,3)38-28(35)33-25-15-11-22(12-16-25)26(33)27(34)31-24(18-30)17-19-5-7-20(8-6-19)21-9-13-23(14-10-21)32-39(4,36)37/h5-10,13-14,22,24-26,32H,11-12,15-17H2,1-4H3,(H,31,34). The molecule has 1 saturated carbocycles. The summed E-state index contributed by atoms with van der Waals surface area (Å²) in [5, 5.41) is 12.7. The zero-order valence-electron chi connectivity index (χ0n) is 22.8. The van der Waals surface area contributed by atoms with Crippen LogP contribution in [0.2, 0.25) is 0 Å². The normalized spacial score (nSPS) is 21.5. The van der Waals surface area contributed by atoms with Crippen LogP contribution < -0.4 is 10.0 Å². The number of ether oxygens (including phenoxy) is 1. The van der Waals surface area contributed by atoms with Gasteiger partial charge in [0.15, 0.2) is 0 Å². The molecule has 9 nitrogen and oxygen atoms in total. The van der Waals surface area contributed by atoms with Gasteiger partial charge in [0.25, 0.3) is 0 Å². The molecule has 2 amide bonds. The zero-order chi connectivity index (χ0) is 28.4. The molecule has 10 heteroatoms. The largest absolute Gasteiger partial charge is 0.444 e. The Balaban J connectivity index is 1.41. The number of benzene rings is 2. The van der Waals surface area contributed by atoms with E-state index in [2.05, 4.69) is 16.1 Å². The van der Waals surface area contributed by atoms with Crippen molar-refractivity contribution in [2.45, 2.75) is 76.6 Å². The van der Waals surface area contributed by atoms with Crippen molar-refractivity contribution in [1.82, 2.24) is 10.2 Å². The lowest BCUT2D eigenvalue weighted by Gasteiger charge is -2.50. The highest BCUT2D eigenvalue weighted by Gasteiger charge is 2.49. The number of amides is 2. The second-order valence-electron chi connectivity index (χ2n) is 11.4. The van der Waals surface area contributed by atoms with Crippen LogP contribution in [0.4, 0.5) is 10.5 Å². The summed E-state index contributed by atoms with van der Waals surface area (Å²) in [6.45, 7) is 5.43. The maximum atomic E-state index is 13.4. The van der Waals surface area contributed by atoms with Crippen LogP contribution in [-0.2, 0) is 26.0 Å². The van der Waals surface area contributed by atoms with Crippen molar-refractivity contribution < 1.29 is 22.7 Å². The van der Waals surface area contributed by atoms with Gasteiger partial charge in [0.1, 0.15) is 17.7 Å². The highest BCUT2D eigenvalue weighted by Crippen LogP contribution is 2.40. The van der Waals surface area contributed by atoms with Gasteiger partial charge in [-0.3, -0.25) is 14.4 Å². The molecular weight excluding hydrogens is 516 g/mol. The number of fused-ring (bicyclic) bond motifs is 3. The SMILES string of the molecule is CC(C)(C)OC(=O)N1C2CCC(CC2)C1C(=O)NC(C#N)Cc1ccc(-c2ccc(NS(C)(=O)=O)cc2)cc1. The molecule has 2 bridgehead atoms. The molecule has 3 fully saturated rings. The van der Waals surface area contributed by atoms with Crippen molar-refractivity contribution in [3.63, 3.8) is 0 Å². The summed E-state index contributed by atoms with van der Waals surface area (Å²) in [5.74, 6) is -0.249. The van der Waals surface area contributed by atoms with E-state index in [4.69, 9.17) is 4.74 Å². The van der Waals surface area contributed by atoms with Crippen LogP contribution in [0.5, 0.6) is 0 Å². The van der Waals surface area contributed by atoms with Crippen LogP contribution in [-0.4, -0.2) is 55.3 Å². The molecule has 208 valence electrons. The van der Waals surface area contributed by atoms with E-state index in [0.29, 0.717) is 12.1 Å². The quantitative estimate of drug-likeness (QED) is 0.522. The Hall–Kier alpha value is -3.58. The van der Waals surface area contributed by atoms with E-state index in [1.165, 1.54) is 0 Å². The molecule has 2 heterocycles. The number of carbonyl (C=O) groups excluding carboxylic acids is 2. The fraction of sp³-hybridized carbons (Fsp3) is 0.483. The third-order valence-corrected chi connectivity index (χ3v) is 7.75. The van der Waals surface area contributed by atoms with Crippen molar-refractivity contribution in [3.05, 3.63) is 54.1 Å². The number of sulfonamides is 1. The summed E-state index contributed by atoms with van der Waals surface area (Å²) in [6.07, 6.45) is 4.44.